The number of hydrogen-bond acceptors (Lipinski definition) is 4. The number of carbonyl (C=O) groups excluding carboxylic acids is 1. The fourth-order valence-corrected chi connectivity index (χ4v) is 2.51. The van der Waals surface area contributed by atoms with Gasteiger partial charge in [0.1, 0.15) is 12.2 Å². The molecule has 0 bridgehead atoms. The SMILES string of the molecule is Cc1ncnc(N2CCN(C(=O)C3CC3(F)F)CC2)c1F. The van der Waals surface area contributed by atoms with Crippen molar-refractivity contribution in [3.63, 3.8) is 0 Å². The smallest absolute Gasteiger partial charge is 0.260 e. The molecule has 2 aliphatic rings. The molecule has 21 heavy (non-hydrogen) atoms. The minimum Gasteiger partial charge on any atom is -0.351 e. The molecular weight excluding hydrogens is 285 g/mol. The van der Waals surface area contributed by atoms with Gasteiger partial charge in [0.2, 0.25) is 5.91 Å². The number of aromatic nitrogens is 2. The van der Waals surface area contributed by atoms with Crippen LogP contribution in [0.4, 0.5) is 19.0 Å². The van der Waals surface area contributed by atoms with Crippen molar-refractivity contribution in [1.29, 1.82) is 0 Å². The van der Waals surface area contributed by atoms with Crippen molar-refractivity contribution >= 4 is 11.7 Å². The van der Waals surface area contributed by atoms with Crippen molar-refractivity contribution in [3.8, 4) is 0 Å². The topological polar surface area (TPSA) is 49.3 Å². The minimum absolute atomic E-state index is 0.200. The molecule has 0 N–H and O–H groups in total. The molecule has 0 spiro atoms. The molecule has 1 aromatic heterocycles. The van der Waals surface area contributed by atoms with Crippen LogP contribution in [0.25, 0.3) is 0 Å². The largest absolute Gasteiger partial charge is 0.351 e. The van der Waals surface area contributed by atoms with Crippen molar-refractivity contribution in [3.05, 3.63) is 17.8 Å². The number of anilines is 1. The highest BCUT2D eigenvalue weighted by atomic mass is 19.3. The summed E-state index contributed by atoms with van der Waals surface area (Å²) < 4.78 is 39.8. The van der Waals surface area contributed by atoms with Crippen molar-refractivity contribution in [2.75, 3.05) is 31.1 Å². The molecule has 1 unspecified atom stereocenters. The quantitative estimate of drug-likeness (QED) is 0.824. The predicted octanol–water partition coefficient (Wildman–Crippen LogP) is 1.23. The van der Waals surface area contributed by atoms with Gasteiger partial charge in [-0.25, -0.2) is 23.1 Å². The molecule has 1 saturated carbocycles. The molecule has 1 aromatic rings. The van der Waals surface area contributed by atoms with Crippen LogP contribution in [0.3, 0.4) is 0 Å². The molecule has 114 valence electrons. The zero-order valence-electron chi connectivity index (χ0n) is 11.5. The third kappa shape index (κ3) is 2.54. The fourth-order valence-electron chi connectivity index (χ4n) is 2.51. The normalized spacial score (nSPS) is 24.1. The van der Waals surface area contributed by atoms with Gasteiger partial charge in [0.25, 0.3) is 5.92 Å². The lowest BCUT2D eigenvalue weighted by atomic mass is 10.2. The van der Waals surface area contributed by atoms with Crippen LogP contribution >= 0.6 is 0 Å². The maximum atomic E-state index is 13.9. The van der Waals surface area contributed by atoms with Crippen molar-refractivity contribution in [2.45, 2.75) is 19.3 Å². The van der Waals surface area contributed by atoms with E-state index >= 15 is 0 Å². The lowest BCUT2D eigenvalue weighted by molar-refractivity contribution is -0.135. The van der Waals surface area contributed by atoms with Gasteiger partial charge in [-0.1, -0.05) is 0 Å². The lowest BCUT2D eigenvalue weighted by Crippen LogP contribution is -2.50. The number of amides is 1. The molecule has 1 saturated heterocycles. The predicted molar refractivity (Wildman–Crippen MR) is 68.6 cm³/mol. The Morgan fingerprint density at radius 1 is 1.29 bits per heavy atom. The van der Waals surface area contributed by atoms with E-state index in [1.165, 1.54) is 11.2 Å². The van der Waals surface area contributed by atoms with Gasteiger partial charge in [-0.15, -0.1) is 0 Å². The summed E-state index contributed by atoms with van der Waals surface area (Å²) in [6.45, 7) is 2.89. The van der Waals surface area contributed by atoms with E-state index in [0.717, 1.165) is 0 Å². The number of rotatable bonds is 2. The van der Waals surface area contributed by atoms with Crippen LogP contribution in [0.15, 0.2) is 6.33 Å². The van der Waals surface area contributed by atoms with Gasteiger partial charge in [-0.3, -0.25) is 4.79 Å². The number of alkyl halides is 2. The molecule has 1 atom stereocenters. The second kappa shape index (κ2) is 4.85. The molecule has 3 rings (SSSR count). The number of nitrogens with zero attached hydrogens (tertiary/aromatic N) is 4. The summed E-state index contributed by atoms with van der Waals surface area (Å²) in [7, 11) is 0. The van der Waals surface area contributed by atoms with E-state index in [1.807, 2.05) is 0 Å². The maximum absolute atomic E-state index is 13.9. The van der Waals surface area contributed by atoms with E-state index in [1.54, 1.807) is 11.8 Å². The van der Waals surface area contributed by atoms with Gasteiger partial charge in [0, 0.05) is 32.6 Å². The van der Waals surface area contributed by atoms with E-state index < -0.39 is 23.6 Å². The van der Waals surface area contributed by atoms with Gasteiger partial charge in [0.15, 0.2) is 11.6 Å². The molecule has 1 aliphatic heterocycles. The summed E-state index contributed by atoms with van der Waals surface area (Å²) in [5.41, 5.74) is 0.260. The Morgan fingerprint density at radius 2 is 1.90 bits per heavy atom. The number of hydrogen-bond donors (Lipinski definition) is 0. The minimum atomic E-state index is -2.84. The maximum Gasteiger partial charge on any atom is 0.260 e. The number of aryl methyl sites for hydroxylation is 1. The molecule has 2 fully saturated rings. The molecule has 0 radical (unpaired) electrons. The van der Waals surface area contributed by atoms with Crippen molar-refractivity contribution in [2.24, 2.45) is 5.92 Å². The first-order valence-corrected chi connectivity index (χ1v) is 6.79. The van der Waals surface area contributed by atoms with Crippen LogP contribution in [0.2, 0.25) is 0 Å². The Labute approximate surface area is 119 Å². The average Bonchev–Trinajstić information content (AvgIpc) is 3.10. The summed E-state index contributed by atoms with van der Waals surface area (Å²) in [6, 6.07) is 0. The standard InChI is InChI=1S/C13H15F3N4O/c1-8-10(14)11(18-7-17-8)19-2-4-20(5-3-19)12(21)9-6-13(9,15)16/h7,9H,2-6H2,1H3. The van der Waals surface area contributed by atoms with Gasteiger partial charge >= 0.3 is 0 Å². The zero-order valence-corrected chi connectivity index (χ0v) is 11.5. The zero-order chi connectivity index (χ0) is 15.2. The second-order valence-electron chi connectivity index (χ2n) is 5.43. The summed E-state index contributed by atoms with van der Waals surface area (Å²) in [6.07, 6.45) is 0.932. The highest BCUT2D eigenvalue weighted by molar-refractivity contribution is 5.83. The van der Waals surface area contributed by atoms with Crippen LogP contribution in [-0.4, -0.2) is 52.9 Å². The van der Waals surface area contributed by atoms with E-state index in [4.69, 9.17) is 0 Å². The first kappa shape index (κ1) is 14.1. The van der Waals surface area contributed by atoms with Crippen LogP contribution in [0.5, 0.6) is 0 Å². The Hall–Kier alpha value is -1.86. The van der Waals surface area contributed by atoms with Gasteiger partial charge in [-0.2, -0.15) is 0 Å². The molecule has 5 nitrogen and oxygen atoms in total. The second-order valence-corrected chi connectivity index (χ2v) is 5.43. The van der Waals surface area contributed by atoms with Crippen molar-refractivity contribution in [1.82, 2.24) is 14.9 Å². The van der Waals surface area contributed by atoms with Crippen LogP contribution in [-0.2, 0) is 4.79 Å². The third-order valence-corrected chi connectivity index (χ3v) is 3.96. The van der Waals surface area contributed by atoms with Gasteiger partial charge < -0.3 is 9.80 Å². The Balaban J connectivity index is 1.63. The van der Waals surface area contributed by atoms with Crippen LogP contribution in [0.1, 0.15) is 12.1 Å². The first-order chi connectivity index (χ1) is 9.90. The summed E-state index contributed by atoms with van der Waals surface area (Å²) in [5, 5.41) is 0. The summed E-state index contributed by atoms with van der Waals surface area (Å²) >= 11 is 0. The summed E-state index contributed by atoms with van der Waals surface area (Å²) in [4.78, 5) is 22.7. The van der Waals surface area contributed by atoms with Crippen LogP contribution < -0.4 is 4.90 Å². The summed E-state index contributed by atoms with van der Waals surface area (Å²) in [5.74, 6) is -4.79. The highest BCUT2D eigenvalue weighted by Crippen LogP contribution is 2.49. The van der Waals surface area contributed by atoms with Crippen LogP contribution in [0, 0.1) is 18.7 Å². The Morgan fingerprint density at radius 3 is 2.48 bits per heavy atom. The van der Waals surface area contributed by atoms with Gasteiger partial charge in [-0.05, 0) is 6.92 Å². The number of carbonyl (C=O) groups is 1. The lowest BCUT2D eigenvalue weighted by Gasteiger charge is -2.35. The molecule has 2 heterocycles. The van der Waals surface area contributed by atoms with Crippen molar-refractivity contribution < 1.29 is 18.0 Å². The molecule has 1 amide bonds. The van der Waals surface area contributed by atoms with E-state index in [-0.39, 0.29) is 17.9 Å². The van der Waals surface area contributed by atoms with Gasteiger partial charge in [0.05, 0.1) is 5.69 Å². The Bertz CT molecular complexity index is 573. The third-order valence-electron chi connectivity index (χ3n) is 3.96. The first-order valence-electron chi connectivity index (χ1n) is 6.79. The molecule has 8 heteroatoms. The van der Waals surface area contributed by atoms with E-state index in [9.17, 15) is 18.0 Å². The number of piperazine rings is 1. The van der Waals surface area contributed by atoms with E-state index in [2.05, 4.69) is 9.97 Å². The highest BCUT2D eigenvalue weighted by Gasteiger charge is 2.62. The molecule has 1 aliphatic carbocycles. The number of halogens is 3. The monoisotopic (exact) mass is 300 g/mol. The fraction of sp³-hybridized carbons (Fsp3) is 0.615. The molecular formula is C13H15F3N4O. The average molecular weight is 300 g/mol. The van der Waals surface area contributed by atoms with E-state index in [0.29, 0.717) is 26.2 Å². The Kier molecular flexibility index (Phi) is 3.26. The molecule has 0 aromatic carbocycles.